The average molecular weight is 392 g/mol. The van der Waals surface area contributed by atoms with Crippen molar-refractivity contribution in [2.75, 3.05) is 0 Å². The summed E-state index contributed by atoms with van der Waals surface area (Å²) in [7, 11) is 0. The van der Waals surface area contributed by atoms with Gasteiger partial charge in [-0.05, 0) is 40.2 Å². The molecule has 2 nitrogen and oxygen atoms in total. The lowest BCUT2D eigenvalue weighted by atomic mass is 10.2. The van der Waals surface area contributed by atoms with Gasteiger partial charge in [0.15, 0.2) is 0 Å². The maximum Gasteiger partial charge on any atom is 0.139 e. The molecule has 21 heavy (non-hydrogen) atoms. The molecule has 0 radical (unpaired) electrons. The molecule has 0 fully saturated rings. The molecule has 0 atom stereocenters. The molecular weight excluding hydrogens is 385 g/mol. The summed E-state index contributed by atoms with van der Waals surface area (Å²) in [5.41, 5.74) is 1.58. The van der Waals surface area contributed by atoms with Crippen molar-refractivity contribution < 1.29 is 8.78 Å². The lowest BCUT2D eigenvalue weighted by Crippen LogP contribution is -2.00. The molecule has 0 unspecified atom stereocenters. The van der Waals surface area contributed by atoms with E-state index in [1.165, 1.54) is 24.3 Å². The van der Waals surface area contributed by atoms with Crippen molar-refractivity contribution in [3.05, 3.63) is 57.3 Å². The zero-order chi connectivity index (χ0) is 15.1. The minimum Gasteiger partial charge on any atom is -0.294 e. The number of nitrogens with zero attached hydrogens (tertiary/aromatic N) is 2. The summed E-state index contributed by atoms with van der Waals surface area (Å²) in [6.07, 6.45) is 0. The van der Waals surface area contributed by atoms with E-state index in [1.807, 2.05) is 0 Å². The van der Waals surface area contributed by atoms with Gasteiger partial charge in [-0.2, -0.15) is 0 Å². The number of fused-ring (bicyclic) bond motifs is 1. The average Bonchev–Trinajstić information content (AvgIpc) is 2.77. The maximum atomic E-state index is 13.8. The number of alkyl halides is 1. The van der Waals surface area contributed by atoms with Crippen molar-refractivity contribution in [3.63, 3.8) is 0 Å². The van der Waals surface area contributed by atoms with Gasteiger partial charge in [0.25, 0.3) is 0 Å². The fourth-order valence-corrected chi connectivity index (χ4v) is 2.91. The second kappa shape index (κ2) is 5.55. The van der Waals surface area contributed by atoms with E-state index in [1.54, 1.807) is 10.6 Å². The Morgan fingerprint density at radius 1 is 1.19 bits per heavy atom. The van der Waals surface area contributed by atoms with Crippen LogP contribution in [0.15, 0.2) is 34.8 Å². The summed E-state index contributed by atoms with van der Waals surface area (Å²) in [5, 5.41) is 0.198. The topological polar surface area (TPSA) is 17.8 Å². The van der Waals surface area contributed by atoms with E-state index in [-0.39, 0.29) is 10.9 Å². The molecule has 0 N–H and O–H groups in total. The fraction of sp³-hybridized carbons (Fsp3) is 0.0714. The van der Waals surface area contributed by atoms with Crippen LogP contribution < -0.4 is 0 Å². The quantitative estimate of drug-likeness (QED) is 0.530. The third-order valence-electron chi connectivity index (χ3n) is 3.04. The highest BCUT2D eigenvalue weighted by atomic mass is 79.9. The predicted molar refractivity (Wildman–Crippen MR) is 83.3 cm³/mol. The molecule has 0 aliphatic rings. The normalized spacial score (nSPS) is 11.3. The standard InChI is InChI=1S/C14H7BrCl2F2N2/c15-8-4-11-13(5-10(8)19)21(14(6-16)20-11)12-2-1-7(18)3-9(12)17/h1-5H,6H2. The molecule has 3 aromatic rings. The van der Waals surface area contributed by atoms with Crippen molar-refractivity contribution in [1.29, 1.82) is 0 Å². The molecule has 0 saturated heterocycles. The van der Waals surface area contributed by atoms with E-state index < -0.39 is 11.6 Å². The Balaban J connectivity index is 2.37. The third-order valence-corrected chi connectivity index (χ3v) is 4.19. The van der Waals surface area contributed by atoms with Crippen LogP contribution in [0, 0.1) is 11.6 Å². The molecule has 3 rings (SSSR count). The molecule has 0 spiro atoms. The van der Waals surface area contributed by atoms with E-state index in [4.69, 9.17) is 23.2 Å². The fourth-order valence-electron chi connectivity index (χ4n) is 2.14. The highest BCUT2D eigenvalue weighted by molar-refractivity contribution is 9.10. The highest BCUT2D eigenvalue weighted by Gasteiger charge is 2.16. The van der Waals surface area contributed by atoms with E-state index in [2.05, 4.69) is 20.9 Å². The molecule has 1 heterocycles. The number of hydrogen-bond donors (Lipinski definition) is 0. The van der Waals surface area contributed by atoms with Crippen LogP contribution in [0.3, 0.4) is 0 Å². The lowest BCUT2D eigenvalue weighted by Gasteiger charge is -2.10. The van der Waals surface area contributed by atoms with Crippen molar-refractivity contribution in [2.45, 2.75) is 5.88 Å². The molecule has 0 saturated carbocycles. The van der Waals surface area contributed by atoms with Crippen LogP contribution in [-0.2, 0) is 5.88 Å². The molecule has 2 aromatic carbocycles. The molecular formula is C14H7BrCl2F2N2. The Morgan fingerprint density at radius 3 is 2.62 bits per heavy atom. The van der Waals surface area contributed by atoms with Gasteiger partial charge in [0.05, 0.1) is 32.1 Å². The van der Waals surface area contributed by atoms with Crippen LogP contribution in [0.5, 0.6) is 0 Å². The Kier molecular flexibility index (Phi) is 3.90. The Morgan fingerprint density at radius 2 is 1.95 bits per heavy atom. The van der Waals surface area contributed by atoms with E-state index in [0.29, 0.717) is 27.0 Å². The summed E-state index contributed by atoms with van der Waals surface area (Å²) in [6.45, 7) is 0. The first-order chi connectivity index (χ1) is 10.0. The second-order valence-corrected chi connectivity index (χ2v) is 5.88. The van der Waals surface area contributed by atoms with Crippen LogP contribution in [0.4, 0.5) is 8.78 Å². The van der Waals surface area contributed by atoms with Crippen molar-refractivity contribution in [2.24, 2.45) is 0 Å². The zero-order valence-corrected chi connectivity index (χ0v) is 13.5. The minimum absolute atomic E-state index is 0.113. The summed E-state index contributed by atoms with van der Waals surface area (Å²) in [6, 6.07) is 6.88. The molecule has 0 aliphatic heterocycles. The van der Waals surface area contributed by atoms with E-state index >= 15 is 0 Å². The summed E-state index contributed by atoms with van der Waals surface area (Å²) in [5.74, 6) is -0.267. The van der Waals surface area contributed by atoms with Crippen LogP contribution in [0.1, 0.15) is 5.82 Å². The Hall–Kier alpha value is -1.17. The highest BCUT2D eigenvalue weighted by Crippen LogP contribution is 2.30. The molecule has 0 bridgehead atoms. The summed E-state index contributed by atoms with van der Waals surface area (Å²) < 4.78 is 28.9. The van der Waals surface area contributed by atoms with Crippen molar-refractivity contribution >= 4 is 50.2 Å². The molecule has 108 valence electrons. The van der Waals surface area contributed by atoms with Crippen molar-refractivity contribution in [1.82, 2.24) is 9.55 Å². The Bertz CT molecular complexity index is 849. The first kappa shape index (κ1) is 14.8. The SMILES string of the molecule is Fc1ccc(-n2c(CCl)nc3cc(Br)c(F)cc32)c(Cl)c1. The Labute approximate surface area is 137 Å². The van der Waals surface area contributed by atoms with E-state index in [9.17, 15) is 8.78 Å². The van der Waals surface area contributed by atoms with Gasteiger partial charge in [-0.25, -0.2) is 13.8 Å². The van der Waals surface area contributed by atoms with Gasteiger partial charge in [-0.3, -0.25) is 4.57 Å². The molecule has 7 heteroatoms. The minimum atomic E-state index is -0.450. The van der Waals surface area contributed by atoms with Crippen LogP contribution in [0.25, 0.3) is 16.7 Å². The van der Waals surface area contributed by atoms with Crippen LogP contribution in [-0.4, -0.2) is 9.55 Å². The first-order valence-corrected chi connectivity index (χ1v) is 7.59. The van der Waals surface area contributed by atoms with Gasteiger partial charge >= 0.3 is 0 Å². The molecule has 0 amide bonds. The number of hydrogen-bond acceptors (Lipinski definition) is 1. The van der Waals surface area contributed by atoms with Gasteiger partial charge in [-0.15, -0.1) is 11.6 Å². The number of aromatic nitrogens is 2. The second-order valence-electron chi connectivity index (χ2n) is 4.35. The monoisotopic (exact) mass is 390 g/mol. The number of halogens is 5. The number of imidazole rings is 1. The van der Waals surface area contributed by atoms with Gasteiger partial charge in [0, 0.05) is 6.07 Å². The van der Waals surface area contributed by atoms with Gasteiger partial charge in [0.1, 0.15) is 17.5 Å². The molecule has 1 aromatic heterocycles. The lowest BCUT2D eigenvalue weighted by molar-refractivity contribution is 0.622. The van der Waals surface area contributed by atoms with Gasteiger partial charge < -0.3 is 0 Å². The van der Waals surface area contributed by atoms with Gasteiger partial charge in [0.2, 0.25) is 0 Å². The summed E-state index contributed by atoms with van der Waals surface area (Å²) in [4.78, 5) is 4.35. The smallest absolute Gasteiger partial charge is 0.139 e. The molecule has 0 aliphatic carbocycles. The maximum absolute atomic E-state index is 13.8. The van der Waals surface area contributed by atoms with Crippen molar-refractivity contribution in [3.8, 4) is 5.69 Å². The summed E-state index contributed by atoms with van der Waals surface area (Å²) >= 11 is 15.1. The van der Waals surface area contributed by atoms with Crippen LogP contribution in [0.2, 0.25) is 5.02 Å². The predicted octanol–water partition coefficient (Wildman–Crippen LogP) is 5.46. The van der Waals surface area contributed by atoms with Crippen LogP contribution >= 0.6 is 39.1 Å². The number of rotatable bonds is 2. The third kappa shape index (κ3) is 2.54. The first-order valence-electron chi connectivity index (χ1n) is 5.89. The zero-order valence-electron chi connectivity index (χ0n) is 10.4. The van der Waals surface area contributed by atoms with Gasteiger partial charge in [-0.1, -0.05) is 11.6 Å². The largest absolute Gasteiger partial charge is 0.294 e. The van der Waals surface area contributed by atoms with E-state index in [0.717, 1.165) is 0 Å². The number of benzene rings is 2.